The molecule has 2 nitrogen and oxygen atoms in total. The van der Waals surface area contributed by atoms with E-state index in [1.54, 1.807) is 0 Å². The summed E-state index contributed by atoms with van der Waals surface area (Å²) in [6.45, 7) is 8.63. The van der Waals surface area contributed by atoms with E-state index in [0.717, 1.165) is 0 Å². The van der Waals surface area contributed by atoms with Crippen LogP contribution in [0.4, 0.5) is 17.3 Å². The topological polar surface area (TPSA) is 18.5 Å². The van der Waals surface area contributed by atoms with Crippen molar-refractivity contribution < 1.29 is 45.8 Å². The molecule has 0 bridgehead atoms. The van der Waals surface area contributed by atoms with E-state index in [9.17, 15) is 17.3 Å². The standard InChI is InChI=1S/2C19H23OP.C8H12.BF4.Rh/c2*1-15(2)20-21-18(16-9-5-3-6-10-16)13-14-19(21)17-11-7-4-8-12-17;1-2-4-6-8-7-5-3-1;2-1(3,4)5;/h2*3-12,15,18-19H,13-14H2,1-2H3;1-2,7-8H,3-6H2;;/q;;;-1;/t2*18-,19-;;;/m00.../s1. The van der Waals surface area contributed by atoms with Crippen molar-refractivity contribution in [2.24, 2.45) is 0 Å². The van der Waals surface area contributed by atoms with E-state index in [2.05, 4.69) is 175 Å². The van der Waals surface area contributed by atoms with Crippen molar-refractivity contribution in [1.29, 1.82) is 0 Å². The van der Waals surface area contributed by atoms with Crippen molar-refractivity contribution in [3.8, 4) is 0 Å². The quantitative estimate of drug-likeness (QED) is 0.0997. The van der Waals surface area contributed by atoms with E-state index < -0.39 is 23.6 Å². The van der Waals surface area contributed by atoms with E-state index in [1.165, 1.54) is 73.6 Å². The van der Waals surface area contributed by atoms with Gasteiger partial charge < -0.3 is 26.3 Å². The third-order valence-corrected chi connectivity index (χ3v) is 15.4. The summed E-state index contributed by atoms with van der Waals surface area (Å²) in [6, 6.07) is 43.6. The van der Waals surface area contributed by atoms with E-state index >= 15 is 0 Å². The minimum atomic E-state index is -6.00. The Morgan fingerprint density at radius 2 is 0.625 bits per heavy atom. The molecule has 3 fully saturated rings. The Kier molecular flexibility index (Phi) is 22.7. The van der Waals surface area contributed by atoms with Gasteiger partial charge in [-0.25, -0.2) is 0 Å². The van der Waals surface area contributed by atoms with Crippen molar-refractivity contribution in [2.75, 3.05) is 0 Å². The van der Waals surface area contributed by atoms with Gasteiger partial charge in [-0.2, -0.15) is 0 Å². The molecule has 4 atom stereocenters. The van der Waals surface area contributed by atoms with Gasteiger partial charge in [0.25, 0.3) is 0 Å². The molecule has 0 unspecified atom stereocenters. The molecular formula is C46H58BF4O2P2Rh-. The van der Waals surface area contributed by atoms with Crippen molar-refractivity contribution >= 4 is 23.6 Å². The van der Waals surface area contributed by atoms with Gasteiger partial charge in [-0.1, -0.05) is 121 Å². The Hall–Kier alpha value is -1.93. The van der Waals surface area contributed by atoms with Crippen LogP contribution in [0.25, 0.3) is 0 Å². The molecule has 56 heavy (non-hydrogen) atoms. The van der Waals surface area contributed by atoms with Crippen molar-refractivity contribution in [1.82, 2.24) is 0 Å². The smallest absolute Gasteiger partial charge is 0.418 e. The van der Waals surface area contributed by atoms with Crippen LogP contribution in [-0.4, -0.2) is 19.5 Å². The normalized spacial score (nSPS) is 21.6. The maximum atomic E-state index is 9.75. The van der Waals surface area contributed by atoms with Gasteiger partial charge >= 0.3 is 7.25 Å². The van der Waals surface area contributed by atoms with Crippen LogP contribution in [0, 0.1) is 25.7 Å². The zero-order chi connectivity index (χ0) is 39.5. The Bertz CT molecular complexity index is 1340. The van der Waals surface area contributed by atoms with Gasteiger partial charge in [-0.15, -0.1) is 0 Å². The molecule has 0 amide bonds. The molecule has 4 aromatic rings. The zero-order valence-corrected chi connectivity index (χ0v) is 36.5. The van der Waals surface area contributed by atoms with Gasteiger partial charge in [0, 0.05) is 58.4 Å². The second-order valence-corrected chi connectivity index (χ2v) is 18.8. The molecule has 3 aliphatic rings. The van der Waals surface area contributed by atoms with Crippen LogP contribution < -0.4 is 0 Å². The largest absolute Gasteiger partial charge is 0.673 e. The summed E-state index contributed by atoms with van der Waals surface area (Å²) in [6.07, 6.45) is 19.5. The molecule has 1 aliphatic carbocycles. The van der Waals surface area contributed by atoms with Gasteiger partial charge in [0.1, 0.15) is 0 Å². The molecule has 305 valence electrons. The minimum Gasteiger partial charge on any atom is -0.418 e. The monoisotopic (exact) mass is 894 g/mol. The molecule has 1 saturated carbocycles. The Labute approximate surface area is 350 Å². The number of benzene rings is 4. The SMILES string of the molecule is CC(C)OP1[C@H](c2ccccc2)CC[C@H]1c1ccccc1.CC(C)OP1[C@H](c2ccccc2)CC[C@H]1c1ccccc1.F[B-](F)(F)F.[CH]1[CH]CC[CH][CH]CC1.[Rh]. The summed E-state index contributed by atoms with van der Waals surface area (Å²) in [5, 5.41) is 0. The molecule has 4 aromatic carbocycles. The van der Waals surface area contributed by atoms with E-state index in [4.69, 9.17) is 9.05 Å². The van der Waals surface area contributed by atoms with E-state index in [-0.39, 0.29) is 19.5 Å². The van der Waals surface area contributed by atoms with Crippen LogP contribution in [0.2, 0.25) is 0 Å². The van der Waals surface area contributed by atoms with Crippen molar-refractivity contribution in [3.05, 3.63) is 169 Å². The van der Waals surface area contributed by atoms with Gasteiger partial charge in [0.15, 0.2) is 0 Å². The Balaban J connectivity index is 0.000000226. The third-order valence-electron chi connectivity index (χ3n) is 9.39. The summed E-state index contributed by atoms with van der Waals surface area (Å²) in [5.41, 5.74) is 8.10. The van der Waals surface area contributed by atoms with Gasteiger partial charge in [-0.3, -0.25) is 0 Å². The predicted octanol–water partition coefficient (Wildman–Crippen LogP) is 15.8. The summed E-state index contributed by atoms with van der Waals surface area (Å²) in [5.74, 6) is 0. The second-order valence-electron chi connectivity index (χ2n) is 14.5. The second kappa shape index (κ2) is 26.2. The average Bonchev–Trinajstić information content (AvgIpc) is 3.76. The molecule has 0 aromatic heterocycles. The first-order valence-corrected chi connectivity index (χ1v) is 22.6. The van der Waals surface area contributed by atoms with Crippen molar-refractivity contribution in [3.63, 3.8) is 0 Å². The van der Waals surface area contributed by atoms with Crippen LogP contribution in [0.1, 0.15) is 124 Å². The predicted molar refractivity (Wildman–Crippen MR) is 227 cm³/mol. The Morgan fingerprint density at radius 1 is 0.429 bits per heavy atom. The number of hydrogen-bond acceptors (Lipinski definition) is 2. The van der Waals surface area contributed by atoms with Crippen molar-refractivity contribution in [2.45, 2.75) is 114 Å². The molecule has 2 saturated heterocycles. The zero-order valence-electron chi connectivity index (χ0n) is 33.1. The first-order chi connectivity index (χ1) is 26.5. The fourth-order valence-corrected chi connectivity index (χ4v) is 13.1. The minimum absolute atomic E-state index is 0. The van der Waals surface area contributed by atoms with Crippen LogP contribution in [0.5, 0.6) is 0 Å². The maximum Gasteiger partial charge on any atom is 0.673 e. The number of halogens is 4. The molecule has 5 radical (unpaired) electrons. The fourth-order valence-electron chi connectivity index (χ4n) is 7.17. The van der Waals surface area contributed by atoms with Crippen LogP contribution in [-0.2, 0) is 28.5 Å². The first-order valence-electron chi connectivity index (χ1n) is 19.8. The van der Waals surface area contributed by atoms with E-state index in [1.807, 2.05) is 0 Å². The summed E-state index contributed by atoms with van der Waals surface area (Å²) >= 11 is 0. The van der Waals surface area contributed by atoms with Crippen LogP contribution in [0.3, 0.4) is 0 Å². The molecule has 7 rings (SSSR count). The van der Waals surface area contributed by atoms with Gasteiger partial charge in [-0.05, 0) is 127 Å². The van der Waals surface area contributed by atoms with Gasteiger partial charge in [0.05, 0.1) is 12.2 Å². The van der Waals surface area contributed by atoms with Gasteiger partial charge in [0.2, 0.25) is 0 Å². The summed E-state index contributed by atoms with van der Waals surface area (Å²) in [4.78, 5) is 0. The molecule has 10 heteroatoms. The van der Waals surface area contributed by atoms with E-state index in [0.29, 0.717) is 34.8 Å². The number of hydrogen-bond donors (Lipinski definition) is 0. The fraction of sp³-hybridized carbons (Fsp3) is 0.391. The van der Waals surface area contributed by atoms with Crippen LogP contribution >= 0.6 is 16.3 Å². The third kappa shape index (κ3) is 17.5. The molecule has 2 heterocycles. The molecule has 0 N–H and O–H groups in total. The summed E-state index contributed by atoms with van der Waals surface area (Å²) in [7, 11) is -6.93. The molecule has 2 aliphatic heterocycles. The number of rotatable bonds is 8. The molecular weight excluding hydrogens is 836 g/mol. The first kappa shape index (κ1) is 48.4. The van der Waals surface area contributed by atoms with Crippen LogP contribution in [0.15, 0.2) is 121 Å². The summed E-state index contributed by atoms with van der Waals surface area (Å²) < 4.78 is 51.8. The maximum absolute atomic E-state index is 9.75. The molecule has 0 spiro atoms. The average molecular weight is 895 g/mol. The Morgan fingerprint density at radius 3 is 0.804 bits per heavy atom.